The molecule has 1 aromatic carbocycles. The molecule has 2 heterocycles. The van der Waals surface area contributed by atoms with Gasteiger partial charge in [0.15, 0.2) is 0 Å². The van der Waals surface area contributed by atoms with Crippen LogP contribution in [0.5, 0.6) is 0 Å². The van der Waals surface area contributed by atoms with Gasteiger partial charge in [-0.1, -0.05) is 6.07 Å². The molecule has 1 aliphatic rings. The quantitative estimate of drug-likeness (QED) is 0.946. The van der Waals surface area contributed by atoms with Crippen LogP contribution in [0.1, 0.15) is 23.2 Å². The summed E-state index contributed by atoms with van der Waals surface area (Å²) in [4.78, 5) is 25.4. The lowest BCUT2D eigenvalue weighted by Crippen LogP contribution is -2.42. The zero-order chi connectivity index (χ0) is 15.5. The Morgan fingerprint density at radius 3 is 2.64 bits per heavy atom. The maximum atomic E-state index is 12.6. The van der Waals surface area contributed by atoms with Crippen LogP contribution in [0.4, 0.5) is 0 Å². The van der Waals surface area contributed by atoms with E-state index in [1.54, 1.807) is 11.0 Å². The maximum absolute atomic E-state index is 12.6. The van der Waals surface area contributed by atoms with E-state index in [1.807, 2.05) is 47.3 Å². The number of piperidine rings is 1. The average Bonchev–Trinajstić information content (AvgIpc) is 3.09. The highest BCUT2D eigenvalue weighted by Gasteiger charge is 2.28. The number of amides is 1. The topological polar surface area (TPSA) is 62.5 Å². The summed E-state index contributed by atoms with van der Waals surface area (Å²) in [5.41, 5.74) is 1.51. The predicted octanol–water partition coefficient (Wildman–Crippen LogP) is 2.41. The molecule has 1 atom stereocenters. The summed E-state index contributed by atoms with van der Waals surface area (Å²) >= 11 is 0. The first-order chi connectivity index (χ1) is 10.6. The molecule has 0 radical (unpaired) electrons. The summed E-state index contributed by atoms with van der Waals surface area (Å²) in [5, 5.41) is 9.14. The third-order valence-corrected chi connectivity index (χ3v) is 4.05. The highest BCUT2D eigenvalue weighted by atomic mass is 16.4. The molecule has 1 aromatic heterocycles. The van der Waals surface area contributed by atoms with E-state index in [0.29, 0.717) is 25.1 Å². The second kappa shape index (κ2) is 6.05. The lowest BCUT2D eigenvalue weighted by molar-refractivity contribution is -0.143. The van der Waals surface area contributed by atoms with Crippen LogP contribution in [0.2, 0.25) is 0 Å². The fraction of sp³-hybridized carbons (Fsp3) is 0.294. The molecular formula is C17H18N2O3. The van der Waals surface area contributed by atoms with Crippen molar-refractivity contribution in [3.05, 3.63) is 54.4 Å². The van der Waals surface area contributed by atoms with Gasteiger partial charge in [0.1, 0.15) is 0 Å². The molecule has 5 heteroatoms. The number of rotatable bonds is 3. The van der Waals surface area contributed by atoms with Crippen LogP contribution < -0.4 is 0 Å². The number of carbonyl (C=O) groups is 2. The molecule has 1 aliphatic heterocycles. The molecule has 1 unspecified atom stereocenters. The molecule has 1 N–H and O–H groups in total. The minimum absolute atomic E-state index is 0.0973. The zero-order valence-corrected chi connectivity index (χ0v) is 12.2. The van der Waals surface area contributed by atoms with E-state index in [0.717, 1.165) is 12.1 Å². The van der Waals surface area contributed by atoms with Crippen molar-refractivity contribution in [1.82, 2.24) is 9.47 Å². The van der Waals surface area contributed by atoms with Crippen molar-refractivity contribution < 1.29 is 14.7 Å². The van der Waals surface area contributed by atoms with Crippen LogP contribution in [-0.2, 0) is 4.79 Å². The first kappa shape index (κ1) is 14.4. The second-order valence-corrected chi connectivity index (χ2v) is 5.57. The molecule has 1 amide bonds. The average molecular weight is 298 g/mol. The van der Waals surface area contributed by atoms with Crippen molar-refractivity contribution in [2.24, 2.45) is 5.92 Å². The van der Waals surface area contributed by atoms with Gasteiger partial charge in [0, 0.05) is 36.7 Å². The molecule has 3 rings (SSSR count). The fourth-order valence-electron chi connectivity index (χ4n) is 2.85. The van der Waals surface area contributed by atoms with E-state index < -0.39 is 11.9 Å². The number of carbonyl (C=O) groups excluding carboxylic acids is 1. The molecule has 1 fully saturated rings. The van der Waals surface area contributed by atoms with Crippen molar-refractivity contribution in [1.29, 1.82) is 0 Å². The van der Waals surface area contributed by atoms with Gasteiger partial charge in [-0.15, -0.1) is 0 Å². The highest BCUT2D eigenvalue weighted by Crippen LogP contribution is 2.20. The molecule has 114 valence electrons. The summed E-state index contributed by atoms with van der Waals surface area (Å²) in [6.45, 7) is 0.915. The molecular weight excluding hydrogens is 280 g/mol. The standard InChI is InChI=1S/C17H18N2O3/c20-16(19-10-4-6-14(12-19)17(21)22)13-5-3-7-15(11-13)18-8-1-2-9-18/h1-3,5,7-9,11,14H,4,6,10,12H2,(H,21,22). The number of hydrogen-bond donors (Lipinski definition) is 1. The molecule has 0 bridgehead atoms. The number of likely N-dealkylation sites (tertiary alicyclic amines) is 1. The second-order valence-electron chi connectivity index (χ2n) is 5.57. The Bertz CT molecular complexity index is 679. The molecule has 0 spiro atoms. The summed E-state index contributed by atoms with van der Waals surface area (Å²) in [7, 11) is 0. The van der Waals surface area contributed by atoms with Crippen LogP contribution >= 0.6 is 0 Å². The number of aliphatic carboxylic acids is 1. The maximum Gasteiger partial charge on any atom is 0.308 e. The normalized spacial score (nSPS) is 18.2. The lowest BCUT2D eigenvalue weighted by atomic mass is 9.97. The number of carboxylic acid groups (broad SMARTS) is 1. The van der Waals surface area contributed by atoms with Crippen LogP contribution in [0.15, 0.2) is 48.8 Å². The van der Waals surface area contributed by atoms with E-state index in [4.69, 9.17) is 5.11 Å². The lowest BCUT2D eigenvalue weighted by Gasteiger charge is -2.30. The summed E-state index contributed by atoms with van der Waals surface area (Å²) < 4.78 is 1.94. The van der Waals surface area contributed by atoms with Gasteiger partial charge < -0.3 is 14.6 Å². The molecule has 0 saturated carbocycles. The largest absolute Gasteiger partial charge is 0.481 e. The Morgan fingerprint density at radius 2 is 1.91 bits per heavy atom. The Kier molecular flexibility index (Phi) is 3.96. The van der Waals surface area contributed by atoms with Gasteiger partial charge in [-0.05, 0) is 43.2 Å². The van der Waals surface area contributed by atoms with Crippen LogP contribution in [0.3, 0.4) is 0 Å². The van der Waals surface area contributed by atoms with Crippen LogP contribution in [0.25, 0.3) is 5.69 Å². The Morgan fingerprint density at radius 1 is 1.14 bits per heavy atom. The van der Waals surface area contributed by atoms with Gasteiger partial charge in [0.2, 0.25) is 0 Å². The van der Waals surface area contributed by atoms with E-state index >= 15 is 0 Å². The minimum Gasteiger partial charge on any atom is -0.481 e. The summed E-state index contributed by atoms with van der Waals surface area (Å²) in [5.74, 6) is -1.37. The smallest absolute Gasteiger partial charge is 0.308 e. The number of benzene rings is 1. The fourth-order valence-corrected chi connectivity index (χ4v) is 2.85. The van der Waals surface area contributed by atoms with Crippen molar-refractivity contribution >= 4 is 11.9 Å². The monoisotopic (exact) mass is 298 g/mol. The molecule has 22 heavy (non-hydrogen) atoms. The van der Waals surface area contributed by atoms with Gasteiger partial charge in [-0.25, -0.2) is 0 Å². The van der Waals surface area contributed by atoms with E-state index in [1.165, 1.54) is 0 Å². The summed E-state index contributed by atoms with van der Waals surface area (Å²) in [6.07, 6.45) is 5.22. The number of hydrogen-bond acceptors (Lipinski definition) is 2. The van der Waals surface area contributed by atoms with E-state index in [9.17, 15) is 9.59 Å². The van der Waals surface area contributed by atoms with Crippen LogP contribution in [0, 0.1) is 5.92 Å². The van der Waals surface area contributed by atoms with E-state index in [2.05, 4.69) is 0 Å². The number of nitrogens with zero attached hydrogens (tertiary/aromatic N) is 2. The third-order valence-electron chi connectivity index (χ3n) is 4.05. The van der Waals surface area contributed by atoms with Gasteiger partial charge >= 0.3 is 5.97 Å². The molecule has 5 nitrogen and oxygen atoms in total. The Labute approximate surface area is 128 Å². The first-order valence-electron chi connectivity index (χ1n) is 7.40. The van der Waals surface area contributed by atoms with Gasteiger partial charge in [0.25, 0.3) is 5.91 Å². The van der Waals surface area contributed by atoms with Gasteiger partial charge in [-0.3, -0.25) is 9.59 Å². The predicted molar refractivity (Wildman–Crippen MR) is 82.0 cm³/mol. The van der Waals surface area contributed by atoms with Crippen molar-refractivity contribution in [3.63, 3.8) is 0 Å². The van der Waals surface area contributed by atoms with Crippen molar-refractivity contribution in [2.75, 3.05) is 13.1 Å². The zero-order valence-electron chi connectivity index (χ0n) is 12.2. The highest BCUT2D eigenvalue weighted by molar-refractivity contribution is 5.95. The summed E-state index contributed by atoms with van der Waals surface area (Å²) in [6, 6.07) is 11.3. The van der Waals surface area contributed by atoms with Crippen molar-refractivity contribution in [3.8, 4) is 5.69 Å². The molecule has 2 aromatic rings. The minimum atomic E-state index is -0.821. The SMILES string of the molecule is O=C(O)C1CCCN(C(=O)c2cccc(-n3cccc3)c2)C1. The Hall–Kier alpha value is -2.56. The van der Waals surface area contributed by atoms with Gasteiger partial charge in [-0.2, -0.15) is 0 Å². The first-order valence-corrected chi connectivity index (χ1v) is 7.40. The van der Waals surface area contributed by atoms with Gasteiger partial charge in [0.05, 0.1) is 5.92 Å². The molecule has 1 saturated heterocycles. The number of carboxylic acids is 1. The van der Waals surface area contributed by atoms with Crippen molar-refractivity contribution in [2.45, 2.75) is 12.8 Å². The number of aromatic nitrogens is 1. The van der Waals surface area contributed by atoms with Crippen LogP contribution in [-0.4, -0.2) is 39.5 Å². The van der Waals surface area contributed by atoms with E-state index in [-0.39, 0.29) is 5.91 Å². The third kappa shape index (κ3) is 2.88. The Balaban J connectivity index is 1.80. The molecule has 0 aliphatic carbocycles.